The van der Waals surface area contributed by atoms with Crippen LogP contribution >= 0.6 is 27.7 Å². The molecule has 0 unspecified atom stereocenters. The second kappa shape index (κ2) is 8.58. The van der Waals surface area contributed by atoms with Gasteiger partial charge in [0.2, 0.25) is 11.7 Å². The van der Waals surface area contributed by atoms with Crippen molar-refractivity contribution >= 4 is 39.3 Å². The smallest absolute Gasteiger partial charge is 0.234 e. The van der Waals surface area contributed by atoms with Crippen molar-refractivity contribution in [3.05, 3.63) is 58.8 Å². The molecule has 8 heteroatoms. The summed E-state index contributed by atoms with van der Waals surface area (Å²) in [6.45, 7) is 8.31. The number of aryl methyl sites for hydroxylation is 1. The Bertz CT molecular complexity index is 980. The van der Waals surface area contributed by atoms with Gasteiger partial charge < -0.3 is 9.73 Å². The van der Waals surface area contributed by atoms with Crippen molar-refractivity contribution < 1.29 is 9.21 Å². The minimum Gasteiger partial charge on any atom is -0.446 e. The summed E-state index contributed by atoms with van der Waals surface area (Å²) in [7, 11) is 0. The lowest BCUT2D eigenvalue weighted by atomic mass is 10.1. The van der Waals surface area contributed by atoms with Crippen LogP contribution in [0, 0.1) is 13.8 Å². The van der Waals surface area contributed by atoms with Crippen LogP contribution in [0.15, 0.2) is 57.2 Å². The number of halogens is 1. The summed E-state index contributed by atoms with van der Waals surface area (Å²) in [4.78, 5) is 12.4. The first-order valence-electron chi connectivity index (χ1n) is 8.28. The molecule has 0 aliphatic carbocycles. The maximum Gasteiger partial charge on any atom is 0.234 e. The Morgan fingerprint density at radius 2 is 2.15 bits per heavy atom. The molecular weight excluding hydrogens is 428 g/mol. The van der Waals surface area contributed by atoms with Gasteiger partial charge in [0.25, 0.3) is 0 Å². The topological polar surface area (TPSA) is 73.0 Å². The van der Waals surface area contributed by atoms with E-state index >= 15 is 0 Å². The number of benzene rings is 1. The fourth-order valence-electron chi connectivity index (χ4n) is 2.51. The summed E-state index contributed by atoms with van der Waals surface area (Å²) >= 11 is 4.61. The quantitative estimate of drug-likeness (QED) is 0.415. The molecule has 140 valence electrons. The van der Waals surface area contributed by atoms with E-state index in [1.165, 1.54) is 11.8 Å². The summed E-state index contributed by atoms with van der Waals surface area (Å²) in [6.07, 6.45) is 1.76. The lowest BCUT2D eigenvalue weighted by molar-refractivity contribution is -0.113. The average Bonchev–Trinajstić information content (AvgIpc) is 3.24. The number of allylic oxidation sites excluding steroid dienone is 1. The third kappa shape index (κ3) is 4.51. The lowest BCUT2D eigenvalue weighted by Gasteiger charge is -2.10. The van der Waals surface area contributed by atoms with Crippen LogP contribution in [0.1, 0.15) is 11.1 Å². The number of amides is 1. The average molecular weight is 447 g/mol. The van der Waals surface area contributed by atoms with E-state index in [2.05, 4.69) is 38.0 Å². The van der Waals surface area contributed by atoms with Crippen LogP contribution in [-0.4, -0.2) is 26.4 Å². The first-order chi connectivity index (χ1) is 13.0. The van der Waals surface area contributed by atoms with Gasteiger partial charge in [0.05, 0.1) is 5.75 Å². The molecule has 2 aromatic heterocycles. The van der Waals surface area contributed by atoms with Gasteiger partial charge in [-0.2, -0.15) is 0 Å². The lowest BCUT2D eigenvalue weighted by Crippen LogP contribution is -2.15. The van der Waals surface area contributed by atoms with Crippen LogP contribution in [0.3, 0.4) is 0 Å². The van der Waals surface area contributed by atoms with Crippen molar-refractivity contribution in [2.75, 3.05) is 11.1 Å². The van der Waals surface area contributed by atoms with Crippen molar-refractivity contribution in [3.8, 4) is 11.6 Å². The number of furan rings is 1. The van der Waals surface area contributed by atoms with E-state index in [9.17, 15) is 4.79 Å². The molecule has 0 bridgehead atoms. The molecule has 3 rings (SSSR count). The highest BCUT2D eigenvalue weighted by atomic mass is 79.9. The molecule has 0 fully saturated rings. The molecule has 1 N–H and O–H groups in total. The predicted molar refractivity (Wildman–Crippen MR) is 111 cm³/mol. The van der Waals surface area contributed by atoms with Crippen LogP contribution in [0.4, 0.5) is 5.69 Å². The zero-order chi connectivity index (χ0) is 19.4. The number of nitrogens with zero attached hydrogens (tertiary/aromatic N) is 3. The molecule has 1 aromatic carbocycles. The highest BCUT2D eigenvalue weighted by Gasteiger charge is 2.17. The molecule has 27 heavy (non-hydrogen) atoms. The van der Waals surface area contributed by atoms with Gasteiger partial charge in [0, 0.05) is 12.2 Å². The number of hydrogen-bond donors (Lipinski definition) is 1. The van der Waals surface area contributed by atoms with Crippen molar-refractivity contribution in [1.82, 2.24) is 14.8 Å². The number of aromatic nitrogens is 3. The van der Waals surface area contributed by atoms with Gasteiger partial charge in [-0.1, -0.05) is 30.0 Å². The Morgan fingerprint density at radius 3 is 2.85 bits per heavy atom. The molecular formula is C19H19BrN4O2S. The zero-order valence-corrected chi connectivity index (χ0v) is 17.4. The number of thioether (sulfide) groups is 1. The van der Waals surface area contributed by atoms with Crippen LogP contribution in [0.2, 0.25) is 0 Å². The van der Waals surface area contributed by atoms with Crippen molar-refractivity contribution in [2.45, 2.75) is 25.5 Å². The molecule has 0 aliphatic heterocycles. The number of anilines is 1. The van der Waals surface area contributed by atoms with E-state index in [0.717, 1.165) is 16.8 Å². The number of hydrogen-bond acceptors (Lipinski definition) is 5. The van der Waals surface area contributed by atoms with Gasteiger partial charge in [-0.05, 0) is 59.1 Å². The molecule has 0 atom stereocenters. The first-order valence-corrected chi connectivity index (χ1v) is 10.1. The number of rotatable bonds is 7. The Kier molecular flexibility index (Phi) is 6.18. The summed E-state index contributed by atoms with van der Waals surface area (Å²) in [5, 5.41) is 12.0. The Morgan fingerprint density at radius 1 is 1.33 bits per heavy atom. The highest BCUT2D eigenvalue weighted by molar-refractivity contribution is 9.10. The van der Waals surface area contributed by atoms with Gasteiger partial charge in [0.1, 0.15) is 0 Å². The third-order valence-corrected chi connectivity index (χ3v) is 5.43. The first kappa shape index (κ1) is 19.4. The maximum absolute atomic E-state index is 12.4. The van der Waals surface area contributed by atoms with Gasteiger partial charge >= 0.3 is 0 Å². The fraction of sp³-hybridized carbons (Fsp3) is 0.211. The minimum absolute atomic E-state index is 0.0934. The summed E-state index contributed by atoms with van der Waals surface area (Å²) in [5.74, 6) is 1.33. The maximum atomic E-state index is 12.4. The molecule has 3 aromatic rings. The molecule has 0 saturated carbocycles. The standard InChI is InChI=1S/C19H19BrN4O2S/c1-4-10-24-18(15-8-9-16(20)26-15)22-23-19(24)27-11-17(25)21-14-7-5-6-12(2)13(14)3/h4-9H,1,10-11H2,2-3H3,(H,21,25). The Labute approximate surface area is 170 Å². The minimum atomic E-state index is -0.0934. The van der Waals surface area contributed by atoms with E-state index in [0.29, 0.717) is 28.0 Å². The van der Waals surface area contributed by atoms with Gasteiger partial charge in [-0.3, -0.25) is 9.36 Å². The normalized spacial score (nSPS) is 10.8. The van der Waals surface area contributed by atoms with Gasteiger partial charge in [0.15, 0.2) is 15.6 Å². The molecule has 1 amide bonds. The van der Waals surface area contributed by atoms with Crippen molar-refractivity contribution in [2.24, 2.45) is 0 Å². The highest BCUT2D eigenvalue weighted by Crippen LogP contribution is 2.27. The fourth-order valence-corrected chi connectivity index (χ4v) is 3.56. The molecule has 0 aliphatic rings. The Hall–Kier alpha value is -2.32. The van der Waals surface area contributed by atoms with E-state index in [4.69, 9.17) is 4.42 Å². The second-order valence-electron chi connectivity index (χ2n) is 5.89. The van der Waals surface area contributed by atoms with Crippen molar-refractivity contribution in [3.63, 3.8) is 0 Å². The number of carbonyl (C=O) groups is 1. The van der Waals surface area contributed by atoms with Crippen LogP contribution in [-0.2, 0) is 11.3 Å². The molecule has 2 heterocycles. The largest absolute Gasteiger partial charge is 0.446 e. The monoisotopic (exact) mass is 446 g/mol. The Balaban J connectivity index is 1.72. The number of nitrogens with one attached hydrogen (secondary N) is 1. The van der Waals surface area contributed by atoms with E-state index in [1.54, 1.807) is 12.1 Å². The molecule has 6 nitrogen and oxygen atoms in total. The predicted octanol–water partition coefficient (Wildman–Crippen LogP) is 4.83. The zero-order valence-electron chi connectivity index (χ0n) is 15.0. The third-order valence-electron chi connectivity index (χ3n) is 4.03. The number of carbonyl (C=O) groups excluding carboxylic acids is 1. The SMILES string of the molecule is C=CCn1c(SCC(=O)Nc2cccc(C)c2C)nnc1-c1ccc(Br)o1. The molecule has 0 radical (unpaired) electrons. The van der Waals surface area contributed by atoms with Gasteiger partial charge in [-0.25, -0.2) is 0 Å². The summed E-state index contributed by atoms with van der Waals surface area (Å²) in [6, 6.07) is 9.46. The molecule has 0 saturated heterocycles. The van der Waals surface area contributed by atoms with E-state index < -0.39 is 0 Å². The molecule has 0 spiro atoms. The van der Waals surface area contributed by atoms with Gasteiger partial charge in [-0.15, -0.1) is 16.8 Å². The second-order valence-corrected chi connectivity index (χ2v) is 7.62. The van der Waals surface area contributed by atoms with Crippen LogP contribution < -0.4 is 5.32 Å². The van der Waals surface area contributed by atoms with Crippen molar-refractivity contribution in [1.29, 1.82) is 0 Å². The van der Waals surface area contributed by atoms with E-state index in [1.807, 2.05) is 42.7 Å². The summed E-state index contributed by atoms with van der Waals surface area (Å²) in [5.41, 5.74) is 3.03. The summed E-state index contributed by atoms with van der Waals surface area (Å²) < 4.78 is 8.06. The van der Waals surface area contributed by atoms with Crippen LogP contribution in [0.5, 0.6) is 0 Å². The van der Waals surface area contributed by atoms with E-state index in [-0.39, 0.29) is 11.7 Å². The van der Waals surface area contributed by atoms with Crippen LogP contribution in [0.25, 0.3) is 11.6 Å².